The summed E-state index contributed by atoms with van der Waals surface area (Å²) in [4.78, 5) is 0. The van der Waals surface area contributed by atoms with Crippen molar-refractivity contribution >= 4 is 14.5 Å². The Morgan fingerprint density at radius 1 is 0.447 bits per heavy atom. The summed E-state index contributed by atoms with van der Waals surface area (Å²) >= 11 is 0. The fourth-order valence-electron chi connectivity index (χ4n) is 5.50. The summed E-state index contributed by atoms with van der Waals surface area (Å²) in [5, 5.41) is 1.21. The van der Waals surface area contributed by atoms with Gasteiger partial charge in [0.25, 0.3) is 0 Å². The van der Waals surface area contributed by atoms with E-state index in [2.05, 4.69) is 135 Å². The molecule has 0 nitrogen and oxygen atoms in total. The molecular weight excluding hydrogens is 470 g/mol. The van der Waals surface area contributed by atoms with Crippen molar-refractivity contribution in [2.75, 3.05) is 0 Å². The summed E-state index contributed by atoms with van der Waals surface area (Å²) in [6.07, 6.45) is 0. The normalized spacial score (nSPS) is 12.0. The third kappa shape index (κ3) is 6.69. The molecule has 3 aromatic carbocycles. The predicted molar refractivity (Wildman–Crippen MR) is 170 cm³/mol. The first-order chi connectivity index (χ1) is 17.3. The third-order valence-corrected chi connectivity index (χ3v) is 8.41. The molecule has 0 radical (unpaired) electrons. The molecule has 0 amide bonds. The average molecular weight is 521 g/mol. The molecule has 0 atom stereocenters. The molecule has 0 fully saturated rings. The molecule has 0 aliphatic rings. The van der Waals surface area contributed by atoms with Crippen LogP contribution in [0.2, 0.25) is 0 Å². The average Bonchev–Trinajstić information content (AvgIpc) is 2.82. The Hall–Kier alpha value is -1.31. The van der Waals surface area contributed by atoms with E-state index in [9.17, 15) is 0 Å². The summed E-state index contributed by atoms with van der Waals surface area (Å²) in [5.74, 6) is 2.82. The molecular formula is C36H50LiP. The van der Waals surface area contributed by atoms with Crippen LogP contribution in [0.25, 0.3) is 22.3 Å². The minimum Gasteiger partial charge on any atom is -0.523 e. The Morgan fingerprint density at radius 2 is 0.711 bits per heavy atom. The molecule has 0 bridgehead atoms. The van der Waals surface area contributed by atoms with Crippen LogP contribution >= 0.6 is 9.24 Å². The van der Waals surface area contributed by atoms with E-state index >= 15 is 0 Å². The maximum Gasteiger partial charge on any atom is 1.00 e. The predicted octanol–water partition coefficient (Wildman–Crippen LogP) is 8.53. The van der Waals surface area contributed by atoms with Crippen molar-refractivity contribution in [3.63, 3.8) is 0 Å². The van der Waals surface area contributed by atoms with Gasteiger partial charge < -0.3 is 9.24 Å². The Balaban J connectivity index is 0.00000507. The van der Waals surface area contributed by atoms with Crippen molar-refractivity contribution < 1.29 is 18.9 Å². The van der Waals surface area contributed by atoms with Gasteiger partial charge in [-0.2, -0.15) is 5.30 Å². The van der Waals surface area contributed by atoms with Crippen LogP contribution in [0.4, 0.5) is 0 Å². The van der Waals surface area contributed by atoms with E-state index < -0.39 is 0 Å². The molecule has 0 unspecified atom stereocenters. The first-order valence-corrected chi connectivity index (χ1v) is 15.0. The van der Waals surface area contributed by atoms with Gasteiger partial charge in [0, 0.05) is 0 Å². The zero-order valence-electron chi connectivity index (χ0n) is 26.5. The first kappa shape index (κ1) is 32.9. The summed E-state index contributed by atoms with van der Waals surface area (Å²) < 4.78 is 0. The van der Waals surface area contributed by atoms with Gasteiger partial charge in [0.2, 0.25) is 0 Å². The maximum absolute atomic E-state index is 4.25. The summed E-state index contributed by atoms with van der Waals surface area (Å²) in [6.45, 7) is 27.9. The monoisotopic (exact) mass is 520 g/mol. The maximum atomic E-state index is 4.25. The van der Waals surface area contributed by atoms with Gasteiger partial charge in [-0.25, -0.2) is 0 Å². The molecule has 0 heterocycles. The van der Waals surface area contributed by atoms with Crippen LogP contribution in [-0.4, -0.2) is 0 Å². The van der Waals surface area contributed by atoms with Gasteiger partial charge >= 0.3 is 18.9 Å². The molecule has 38 heavy (non-hydrogen) atoms. The second-order valence-corrected chi connectivity index (χ2v) is 13.3. The van der Waals surface area contributed by atoms with Gasteiger partial charge in [0.05, 0.1) is 0 Å². The Bertz CT molecular complexity index is 1090. The summed E-state index contributed by atoms with van der Waals surface area (Å²) in [7, 11) is 4.25. The van der Waals surface area contributed by atoms with Gasteiger partial charge in [-0.15, -0.1) is 0 Å². The van der Waals surface area contributed by atoms with Crippen LogP contribution in [0.15, 0.2) is 42.5 Å². The zero-order valence-corrected chi connectivity index (χ0v) is 27.5. The van der Waals surface area contributed by atoms with E-state index in [4.69, 9.17) is 0 Å². The van der Waals surface area contributed by atoms with E-state index in [0.717, 1.165) is 0 Å². The zero-order chi connectivity index (χ0) is 27.8. The minimum absolute atomic E-state index is 0. The molecule has 0 saturated heterocycles. The van der Waals surface area contributed by atoms with Gasteiger partial charge in [-0.1, -0.05) is 126 Å². The van der Waals surface area contributed by atoms with E-state index in [1.165, 1.54) is 60.9 Å². The third-order valence-electron chi connectivity index (χ3n) is 7.87. The molecule has 0 aromatic heterocycles. The van der Waals surface area contributed by atoms with E-state index in [-0.39, 0.29) is 18.9 Å². The molecule has 200 valence electrons. The second kappa shape index (κ2) is 13.4. The van der Waals surface area contributed by atoms with Gasteiger partial charge in [-0.3, -0.25) is 0 Å². The molecule has 3 rings (SSSR count). The fourth-order valence-corrected chi connectivity index (χ4v) is 5.92. The van der Waals surface area contributed by atoms with Crippen molar-refractivity contribution in [1.82, 2.24) is 0 Å². The van der Waals surface area contributed by atoms with Crippen LogP contribution in [0.3, 0.4) is 0 Å². The molecule has 0 aliphatic heterocycles. The first-order valence-electron chi connectivity index (χ1n) is 14.5. The van der Waals surface area contributed by atoms with E-state index in [1.807, 2.05) is 0 Å². The summed E-state index contributed by atoms with van der Waals surface area (Å²) in [5.41, 5.74) is 14.2. The van der Waals surface area contributed by atoms with Crippen LogP contribution in [0.5, 0.6) is 0 Å². The fraction of sp³-hybridized carbons (Fsp3) is 0.500. The quantitative estimate of drug-likeness (QED) is 0.206. The molecule has 2 heteroatoms. The number of hydrogen-bond donors (Lipinski definition) is 0. The van der Waals surface area contributed by atoms with Crippen LogP contribution in [-0.2, 0) is 0 Å². The second-order valence-electron chi connectivity index (χ2n) is 12.8. The van der Waals surface area contributed by atoms with Crippen molar-refractivity contribution in [3.8, 4) is 22.3 Å². The van der Waals surface area contributed by atoms with Crippen molar-refractivity contribution in [3.05, 3.63) is 75.8 Å². The van der Waals surface area contributed by atoms with Gasteiger partial charge in [-0.05, 0) is 91.1 Å². The molecule has 0 N–H and O–H groups in total. The molecule has 0 spiro atoms. The van der Waals surface area contributed by atoms with Crippen LogP contribution in [0, 0.1) is 0 Å². The number of hydrogen-bond acceptors (Lipinski definition) is 0. The standard InChI is InChI=1S/C36H50P.Li/c1-20(2)26-16-30(22(5)6)34(31(17-26)23(7)8)28-14-13-15-29(36(28)37)35-32(24(9)10)18-27(21(3)4)19-33(35)25(11)12;/h13-25,37H,1-12H3;/q-1;+1. The van der Waals surface area contributed by atoms with Crippen molar-refractivity contribution in [2.24, 2.45) is 0 Å². The molecule has 0 aliphatic carbocycles. The molecule has 0 saturated carbocycles. The topological polar surface area (TPSA) is 0 Å². The van der Waals surface area contributed by atoms with Gasteiger partial charge in [0.15, 0.2) is 0 Å². The molecule has 3 aromatic rings. The van der Waals surface area contributed by atoms with Gasteiger partial charge in [0.1, 0.15) is 0 Å². The van der Waals surface area contributed by atoms with Crippen LogP contribution in [0.1, 0.15) is 152 Å². The Morgan fingerprint density at radius 3 is 0.921 bits per heavy atom. The van der Waals surface area contributed by atoms with Crippen molar-refractivity contribution in [2.45, 2.75) is 119 Å². The van der Waals surface area contributed by atoms with Crippen molar-refractivity contribution in [1.29, 1.82) is 0 Å². The Kier molecular flexibility index (Phi) is 11.6. The van der Waals surface area contributed by atoms with Crippen LogP contribution < -0.4 is 24.2 Å². The minimum atomic E-state index is 0. The van der Waals surface area contributed by atoms with E-state index in [0.29, 0.717) is 35.5 Å². The SMILES string of the molecule is CC(C)c1cc(C(C)C)c(-c2cccc(-c3c(C(C)C)cc(C(C)C)cc3C(C)C)c2[PH-])c(C(C)C)c1.[Li+]. The summed E-state index contributed by atoms with van der Waals surface area (Å²) in [6, 6.07) is 16.8. The smallest absolute Gasteiger partial charge is 0.523 e. The number of benzene rings is 3. The Labute approximate surface area is 249 Å². The largest absolute Gasteiger partial charge is 1.00 e. The number of rotatable bonds is 8. The van der Waals surface area contributed by atoms with E-state index in [1.54, 1.807) is 0 Å².